The summed E-state index contributed by atoms with van der Waals surface area (Å²) in [6.45, 7) is 2.05. The van der Waals surface area contributed by atoms with Crippen LogP contribution in [0.25, 0.3) is 0 Å². The molecule has 0 saturated carbocycles. The van der Waals surface area contributed by atoms with E-state index in [1.54, 1.807) is 11.7 Å². The molecular formula is C15H23N5O4S. The first-order valence-electron chi connectivity index (χ1n) is 8.41. The summed E-state index contributed by atoms with van der Waals surface area (Å²) >= 11 is 0. The molecule has 0 aliphatic carbocycles. The number of piperidine rings is 1. The van der Waals surface area contributed by atoms with E-state index in [4.69, 9.17) is 5.21 Å². The smallest absolute Gasteiger partial charge is 0.282 e. The first-order chi connectivity index (χ1) is 12.0. The summed E-state index contributed by atoms with van der Waals surface area (Å²) < 4.78 is 28.6. The molecule has 9 nitrogen and oxygen atoms in total. The first-order valence-corrected chi connectivity index (χ1v) is 9.80. The highest BCUT2D eigenvalue weighted by molar-refractivity contribution is 7.86. The lowest BCUT2D eigenvalue weighted by molar-refractivity contribution is -0.134. The second kappa shape index (κ2) is 7.65. The number of hydroxylamine groups is 1. The minimum Gasteiger partial charge on any atom is -0.354 e. The Labute approximate surface area is 147 Å². The summed E-state index contributed by atoms with van der Waals surface area (Å²) in [5.41, 5.74) is 1.59. The number of nitrogens with zero attached hydrogens (tertiary/aromatic N) is 4. The number of rotatable bonds is 4. The molecule has 138 valence electrons. The van der Waals surface area contributed by atoms with Crippen molar-refractivity contribution in [1.82, 2.24) is 19.1 Å². The van der Waals surface area contributed by atoms with Crippen LogP contribution in [0.15, 0.2) is 24.4 Å². The topological polar surface area (TPSA) is 106 Å². The molecule has 0 bridgehead atoms. The van der Waals surface area contributed by atoms with Gasteiger partial charge in [0.05, 0.1) is 0 Å². The van der Waals surface area contributed by atoms with E-state index in [0.717, 1.165) is 12.2 Å². The van der Waals surface area contributed by atoms with Crippen molar-refractivity contribution in [1.29, 1.82) is 0 Å². The number of carbonyl (C=O) groups is 1. The molecular weight excluding hydrogens is 346 g/mol. The van der Waals surface area contributed by atoms with Crippen molar-refractivity contribution in [3.8, 4) is 0 Å². The Hall–Kier alpha value is -1.75. The quantitative estimate of drug-likeness (QED) is 0.563. The Morgan fingerprint density at radius 2 is 1.92 bits per heavy atom. The fourth-order valence-corrected chi connectivity index (χ4v) is 5.16. The highest BCUT2D eigenvalue weighted by atomic mass is 32.2. The van der Waals surface area contributed by atoms with Crippen LogP contribution < -0.4 is 10.4 Å². The molecule has 3 rings (SSSR count). The maximum Gasteiger partial charge on any atom is 0.282 e. The molecule has 0 radical (unpaired) electrons. The molecule has 1 aromatic rings. The van der Waals surface area contributed by atoms with Crippen LogP contribution >= 0.6 is 0 Å². The Kier molecular flexibility index (Phi) is 5.52. The van der Waals surface area contributed by atoms with Crippen molar-refractivity contribution in [2.24, 2.45) is 0 Å². The number of pyridine rings is 1. The molecule has 0 spiro atoms. The lowest BCUT2D eigenvalue weighted by Gasteiger charge is -2.40. The van der Waals surface area contributed by atoms with Crippen LogP contribution in [0.1, 0.15) is 19.3 Å². The summed E-state index contributed by atoms with van der Waals surface area (Å²) in [6.07, 6.45) is 3.60. The van der Waals surface area contributed by atoms with Gasteiger partial charge < -0.3 is 4.90 Å². The highest BCUT2D eigenvalue weighted by Crippen LogP contribution is 2.24. The standard InChI is InChI=1S/C15H23N5O4S/c21-15(17-22)13-5-2-4-8-20(13)25(23,24)19-11-9-18(10-12-19)14-6-1-3-7-16-14/h1,3,6-7,13,22H,2,4-5,8-12H2,(H,17,21)/t13-/m1/s1. The predicted molar refractivity (Wildman–Crippen MR) is 91.2 cm³/mol. The summed E-state index contributed by atoms with van der Waals surface area (Å²) in [7, 11) is -3.75. The molecule has 2 N–H and O–H groups in total. The molecule has 2 saturated heterocycles. The van der Waals surface area contributed by atoms with Crippen LogP contribution in [-0.4, -0.2) is 71.9 Å². The van der Waals surface area contributed by atoms with Gasteiger partial charge in [0, 0.05) is 38.9 Å². The zero-order chi connectivity index (χ0) is 17.9. The lowest BCUT2D eigenvalue weighted by Crippen LogP contribution is -2.58. The maximum absolute atomic E-state index is 13.0. The van der Waals surface area contributed by atoms with Crippen molar-refractivity contribution in [2.45, 2.75) is 25.3 Å². The van der Waals surface area contributed by atoms with E-state index in [1.807, 2.05) is 23.1 Å². The van der Waals surface area contributed by atoms with Crippen LogP contribution in [0, 0.1) is 0 Å². The number of amides is 1. The third-order valence-electron chi connectivity index (χ3n) is 4.70. The van der Waals surface area contributed by atoms with Crippen LogP contribution in [0.5, 0.6) is 0 Å². The monoisotopic (exact) mass is 369 g/mol. The van der Waals surface area contributed by atoms with Crippen LogP contribution in [0.2, 0.25) is 0 Å². The van der Waals surface area contributed by atoms with Crippen molar-refractivity contribution < 1.29 is 18.4 Å². The van der Waals surface area contributed by atoms with E-state index in [-0.39, 0.29) is 0 Å². The zero-order valence-corrected chi connectivity index (χ0v) is 14.7. The van der Waals surface area contributed by atoms with Gasteiger partial charge in [0.25, 0.3) is 16.1 Å². The molecule has 0 aromatic carbocycles. The molecule has 2 aliphatic rings. The van der Waals surface area contributed by atoms with Gasteiger partial charge in [0.1, 0.15) is 11.9 Å². The number of carbonyl (C=O) groups excluding carboxylic acids is 1. The van der Waals surface area contributed by atoms with E-state index in [2.05, 4.69) is 4.98 Å². The van der Waals surface area contributed by atoms with Crippen molar-refractivity contribution in [2.75, 3.05) is 37.6 Å². The highest BCUT2D eigenvalue weighted by Gasteiger charge is 2.40. The Morgan fingerprint density at radius 1 is 1.16 bits per heavy atom. The molecule has 1 aromatic heterocycles. The number of hydrogen-bond donors (Lipinski definition) is 2. The van der Waals surface area contributed by atoms with Gasteiger partial charge in [-0.05, 0) is 25.0 Å². The fraction of sp³-hybridized carbons (Fsp3) is 0.600. The Morgan fingerprint density at radius 3 is 2.56 bits per heavy atom. The molecule has 0 unspecified atom stereocenters. The molecule has 2 fully saturated rings. The summed E-state index contributed by atoms with van der Waals surface area (Å²) in [5, 5.41) is 8.89. The van der Waals surface area contributed by atoms with E-state index < -0.39 is 22.2 Å². The largest absolute Gasteiger partial charge is 0.354 e. The lowest BCUT2D eigenvalue weighted by atomic mass is 10.0. The normalized spacial score (nSPS) is 23.4. The maximum atomic E-state index is 13.0. The fourth-order valence-electron chi connectivity index (χ4n) is 3.35. The Balaban J connectivity index is 1.69. The SMILES string of the molecule is O=C(NO)[C@H]1CCCCN1S(=O)(=O)N1CCN(c2ccccn2)CC1. The third kappa shape index (κ3) is 3.76. The molecule has 25 heavy (non-hydrogen) atoms. The number of anilines is 1. The van der Waals surface area contributed by atoms with E-state index in [0.29, 0.717) is 45.6 Å². The van der Waals surface area contributed by atoms with Gasteiger partial charge in [0.2, 0.25) is 0 Å². The number of hydrogen-bond acceptors (Lipinski definition) is 6. The van der Waals surface area contributed by atoms with Gasteiger partial charge in [-0.1, -0.05) is 12.5 Å². The molecule has 10 heteroatoms. The molecule has 1 amide bonds. The average Bonchev–Trinajstić information content (AvgIpc) is 2.68. The van der Waals surface area contributed by atoms with Crippen molar-refractivity contribution >= 4 is 21.9 Å². The Bertz CT molecular complexity index is 691. The molecule has 3 heterocycles. The van der Waals surface area contributed by atoms with Gasteiger partial charge >= 0.3 is 0 Å². The third-order valence-corrected chi connectivity index (χ3v) is 6.75. The van der Waals surface area contributed by atoms with Crippen molar-refractivity contribution in [3.63, 3.8) is 0 Å². The van der Waals surface area contributed by atoms with Gasteiger partial charge in [-0.2, -0.15) is 17.0 Å². The van der Waals surface area contributed by atoms with E-state index in [9.17, 15) is 13.2 Å². The molecule has 2 aliphatic heterocycles. The van der Waals surface area contributed by atoms with Gasteiger partial charge in [0.15, 0.2) is 0 Å². The summed E-state index contributed by atoms with van der Waals surface area (Å²) in [6, 6.07) is 4.79. The van der Waals surface area contributed by atoms with Gasteiger partial charge in [-0.3, -0.25) is 10.0 Å². The first kappa shape index (κ1) is 18.1. The average molecular weight is 369 g/mol. The second-order valence-corrected chi connectivity index (χ2v) is 8.06. The predicted octanol–water partition coefficient (Wildman–Crippen LogP) is -0.192. The van der Waals surface area contributed by atoms with E-state index >= 15 is 0 Å². The number of aromatic nitrogens is 1. The summed E-state index contributed by atoms with van der Waals surface area (Å²) in [5.74, 6) is 0.158. The van der Waals surface area contributed by atoms with E-state index in [1.165, 1.54) is 8.61 Å². The van der Waals surface area contributed by atoms with Crippen LogP contribution in [0.3, 0.4) is 0 Å². The second-order valence-electron chi connectivity index (χ2n) is 6.18. The minimum atomic E-state index is -3.75. The zero-order valence-electron chi connectivity index (χ0n) is 13.9. The van der Waals surface area contributed by atoms with Gasteiger partial charge in [-0.25, -0.2) is 10.5 Å². The van der Waals surface area contributed by atoms with Crippen LogP contribution in [0.4, 0.5) is 5.82 Å². The van der Waals surface area contributed by atoms with Crippen LogP contribution in [-0.2, 0) is 15.0 Å². The number of nitrogens with one attached hydrogen (secondary N) is 1. The molecule has 1 atom stereocenters. The van der Waals surface area contributed by atoms with Crippen molar-refractivity contribution in [3.05, 3.63) is 24.4 Å². The van der Waals surface area contributed by atoms with Gasteiger partial charge in [-0.15, -0.1) is 0 Å². The summed E-state index contributed by atoms with van der Waals surface area (Å²) in [4.78, 5) is 18.2. The minimum absolute atomic E-state index is 0.293. The number of piperazine rings is 1.